The van der Waals surface area contributed by atoms with Crippen LogP contribution in [0, 0.1) is 17.6 Å². The number of nitrogens with two attached hydrogens (primary N) is 1. The van der Waals surface area contributed by atoms with Crippen LogP contribution in [-0.4, -0.2) is 18.2 Å². The Kier molecular flexibility index (Phi) is 4.24. The van der Waals surface area contributed by atoms with Gasteiger partial charge in [0, 0.05) is 12.6 Å². The molecule has 3 N–H and O–H groups in total. The van der Waals surface area contributed by atoms with Gasteiger partial charge in [-0.05, 0) is 56.1 Å². The van der Waals surface area contributed by atoms with Crippen LogP contribution in [0.15, 0.2) is 18.2 Å². The molecular weight excluding hydrogens is 274 g/mol. The van der Waals surface area contributed by atoms with E-state index in [1.165, 1.54) is 6.42 Å². The van der Waals surface area contributed by atoms with Crippen molar-refractivity contribution in [3.63, 3.8) is 0 Å². The zero-order valence-corrected chi connectivity index (χ0v) is 12.1. The van der Waals surface area contributed by atoms with Gasteiger partial charge in [-0.25, -0.2) is 8.78 Å². The smallest absolute Gasteiger partial charge is 0.162 e. The molecule has 2 unspecified atom stereocenters. The molecular formula is C16H22F2N2O. The van der Waals surface area contributed by atoms with Gasteiger partial charge in [-0.1, -0.05) is 12.1 Å². The Balaban J connectivity index is 1.71. The molecule has 3 nitrogen and oxygen atoms in total. The summed E-state index contributed by atoms with van der Waals surface area (Å²) < 4.78 is 33.1. The number of hydrazine groups is 1. The first-order valence-corrected chi connectivity index (χ1v) is 7.66. The van der Waals surface area contributed by atoms with Crippen molar-refractivity contribution in [2.45, 2.75) is 50.2 Å². The molecule has 1 aliphatic carbocycles. The predicted octanol–water partition coefficient (Wildman–Crippen LogP) is 2.69. The molecule has 2 aliphatic rings. The van der Waals surface area contributed by atoms with Gasteiger partial charge in [0.05, 0.1) is 5.60 Å². The number of nitrogens with one attached hydrogen (secondary N) is 1. The van der Waals surface area contributed by atoms with Crippen molar-refractivity contribution in [1.29, 1.82) is 0 Å². The second-order valence-corrected chi connectivity index (χ2v) is 6.33. The molecule has 0 aromatic heterocycles. The average Bonchev–Trinajstić information content (AvgIpc) is 2.47. The van der Waals surface area contributed by atoms with Gasteiger partial charge in [0.1, 0.15) is 0 Å². The summed E-state index contributed by atoms with van der Waals surface area (Å²) in [6.45, 7) is 0.731. The summed E-state index contributed by atoms with van der Waals surface area (Å²) in [4.78, 5) is 0. The van der Waals surface area contributed by atoms with E-state index in [0.717, 1.165) is 38.4 Å². The third kappa shape index (κ3) is 2.96. The van der Waals surface area contributed by atoms with Crippen LogP contribution in [0.4, 0.5) is 8.78 Å². The number of ether oxygens (including phenoxy) is 1. The summed E-state index contributed by atoms with van der Waals surface area (Å²) >= 11 is 0. The molecule has 1 aromatic rings. The molecule has 2 fully saturated rings. The van der Waals surface area contributed by atoms with E-state index in [1.807, 2.05) is 0 Å². The first-order chi connectivity index (χ1) is 10.1. The van der Waals surface area contributed by atoms with E-state index in [1.54, 1.807) is 12.1 Å². The minimum atomic E-state index is -0.800. The number of rotatable bonds is 4. The van der Waals surface area contributed by atoms with Crippen molar-refractivity contribution in [2.75, 3.05) is 6.61 Å². The second-order valence-electron chi connectivity index (χ2n) is 6.33. The molecule has 2 atom stereocenters. The van der Waals surface area contributed by atoms with Crippen molar-refractivity contribution in [3.8, 4) is 0 Å². The van der Waals surface area contributed by atoms with E-state index in [9.17, 15) is 8.78 Å². The molecule has 1 saturated carbocycles. The van der Waals surface area contributed by atoms with Gasteiger partial charge in [-0.2, -0.15) is 0 Å². The second kappa shape index (κ2) is 5.99. The van der Waals surface area contributed by atoms with Crippen LogP contribution in [-0.2, 0) is 11.2 Å². The highest BCUT2D eigenvalue weighted by molar-refractivity contribution is 5.20. The molecule has 5 heteroatoms. The lowest BCUT2D eigenvalue weighted by Gasteiger charge is -2.48. The zero-order valence-electron chi connectivity index (χ0n) is 12.1. The van der Waals surface area contributed by atoms with Crippen LogP contribution in [0.25, 0.3) is 0 Å². The molecule has 1 spiro atoms. The number of hydrogen-bond donors (Lipinski definition) is 2. The van der Waals surface area contributed by atoms with Gasteiger partial charge in [0.25, 0.3) is 0 Å². The van der Waals surface area contributed by atoms with Crippen LogP contribution in [0.1, 0.15) is 37.7 Å². The Morgan fingerprint density at radius 1 is 1.38 bits per heavy atom. The minimum Gasteiger partial charge on any atom is -0.375 e. The monoisotopic (exact) mass is 296 g/mol. The maximum atomic E-state index is 13.8. The molecule has 116 valence electrons. The molecule has 1 heterocycles. The van der Waals surface area contributed by atoms with Gasteiger partial charge < -0.3 is 4.74 Å². The lowest BCUT2D eigenvalue weighted by atomic mass is 9.70. The first-order valence-electron chi connectivity index (χ1n) is 7.66. The maximum absolute atomic E-state index is 13.8. The molecule has 21 heavy (non-hydrogen) atoms. The molecule has 1 aromatic carbocycles. The number of hydrogen-bond acceptors (Lipinski definition) is 3. The predicted molar refractivity (Wildman–Crippen MR) is 76.4 cm³/mol. The van der Waals surface area contributed by atoms with E-state index >= 15 is 0 Å². The summed E-state index contributed by atoms with van der Waals surface area (Å²) in [5, 5.41) is 0. The van der Waals surface area contributed by atoms with Crippen LogP contribution in [0.3, 0.4) is 0 Å². The number of benzene rings is 1. The number of halogens is 2. The first kappa shape index (κ1) is 14.9. The third-order valence-corrected chi connectivity index (χ3v) is 5.05. The Labute approximate surface area is 123 Å². The maximum Gasteiger partial charge on any atom is 0.162 e. The summed E-state index contributed by atoms with van der Waals surface area (Å²) in [6, 6.07) is 4.25. The average molecular weight is 296 g/mol. The fourth-order valence-corrected chi connectivity index (χ4v) is 3.63. The van der Waals surface area contributed by atoms with E-state index in [0.29, 0.717) is 17.9 Å². The van der Waals surface area contributed by atoms with Crippen LogP contribution >= 0.6 is 0 Å². The third-order valence-electron chi connectivity index (χ3n) is 5.05. The van der Waals surface area contributed by atoms with E-state index in [-0.39, 0.29) is 11.6 Å². The Bertz CT molecular complexity index is 505. The normalized spacial score (nSPS) is 25.6. The Morgan fingerprint density at radius 2 is 2.19 bits per heavy atom. The summed E-state index contributed by atoms with van der Waals surface area (Å²) in [7, 11) is 0. The van der Waals surface area contributed by atoms with Crippen molar-refractivity contribution < 1.29 is 13.5 Å². The fraction of sp³-hybridized carbons (Fsp3) is 0.625. The molecule has 0 bridgehead atoms. The van der Waals surface area contributed by atoms with Crippen LogP contribution < -0.4 is 11.3 Å². The van der Waals surface area contributed by atoms with Crippen molar-refractivity contribution in [2.24, 2.45) is 11.8 Å². The quantitative estimate of drug-likeness (QED) is 0.663. The summed E-state index contributed by atoms with van der Waals surface area (Å²) in [5.74, 6) is 4.46. The largest absolute Gasteiger partial charge is 0.375 e. The molecule has 1 aliphatic heterocycles. The lowest BCUT2D eigenvalue weighted by Crippen LogP contribution is -2.52. The van der Waals surface area contributed by atoms with Crippen LogP contribution in [0.2, 0.25) is 0 Å². The van der Waals surface area contributed by atoms with E-state index in [4.69, 9.17) is 10.6 Å². The van der Waals surface area contributed by atoms with Gasteiger partial charge >= 0.3 is 0 Å². The van der Waals surface area contributed by atoms with Gasteiger partial charge in [-0.3, -0.25) is 11.3 Å². The summed E-state index contributed by atoms with van der Waals surface area (Å²) in [6.07, 6.45) is 5.70. The topological polar surface area (TPSA) is 47.3 Å². The minimum absolute atomic E-state index is 0.0263. The highest BCUT2D eigenvalue weighted by Crippen LogP contribution is 2.45. The Morgan fingerprint density at radius 3 is 2.86 bits per heavy atom. The lowest BCUT2D eigenvalue weighted by molar-refractivity contribution is -0.147. The van der Waals surface area contributed by atoms with E-state index < -0.39 is 11.6 Å². The molecule has 0 amide bonds. The molecule has 0 radical (unpaired) electrons. The SMILES string of the molecule is NNC(Cc1cccc(F)c1F)C1CCOC2(CCC2)C1. The molecule has 3 rings (SSSR count). The van der Waals surface area contributed by atoms with Crippen molar-refractivity contribution >= 4 is 0 Å². The van der Waals surface area contributed by atoms with Gasteiger partial charge in [0.15, 0.2) is 11.6 Å². The van der Waals surface area contributed by atoms with Gasteiger partial charge in [-0.15, -0.1) is 0 Å². The highest BCUT2D eigenvalue weighted by Gasteiger charge is 2.44. The van der Waals surface area contributed by atoms with Crippen molar-refractivity contribution in [1.82, 2.24) is 5.43 Å². The highest BCUT2D eigenvalue weighted by atomic mass is 19.2. The van der Waals surface area contributed by atoms with Crippen molar-refractivity contribution in [3.05, 3.63) is 35.4 Å². The van der Waals surface area contributed by atoms with Crippen LogP contribution in [0.5, 0.6) is 0 Å². The van der Waals surface area contributed by atoms with E-state index in [2.05, 4.69) is 5.43 Å². The standard InChI is InChI=1S/C16H22F2N2O/c17-13-4-1-3-11(15(13)18)9-14(20-19)12-5-8-21-16(10-12)6-2-7-16/h1,3-4,12,14,20H,2,5-10,19H2. The summed E-state index contributed by atoms with van der Waals surface area (Å²) in [5.41, 5.74) is 3.22. The Hall–Kier alpha value is -1.04. The zero-order chi connectivity index (χ0) is 14.9. The fourth-order valence-electron chi connectivity index (χ4n) is 3.63. The van der Waals surface area contributed by atoms with Gasteiger partial charge in [0.2, 0.25) is 0 Å². The molecule has 1 saturated heterocycles.